The van der Waals surface area contributed by atoms with Gasteiger partial charge in [0.25, 0.3) is 0 Å². The van der Waals surface area contributed by atoms with E-state index >= 15 is 0 Å². The Kier molecular flexibility index (Phi) is 10.2. The summed E-state index contributed by atoms with van der Waals surface area (Å²) in [7, 11) is 0. The molecular formula is C34H48O11. The molecule has 0 aromatic rings. The quantitative estimate of drug-likeness (QED) is 0.138. The fourth-order valence-electron chi connectivity index (χ4n) is 7.84. The molecule has 2 heterocycles. The van der Waals surface area contributed by atoms with Crippen LogP contribution in [0.25, 0.3) is 0 Å². The predicted octanol–water partition coefficient (Wildman–Crippen LogP) is 4.40. The van der Waals surface area contributed by atoms with Crippen molar-refractivity contribution in [3.05, 3.63) is 23.3 Å². The number of hydrogen-bond donors (Lipinski definition) is 0. The topological polar surface area (TPSA) is 144 Å². The lowest BCUT2D eigenvalue weighted by Crippen LogP contribution is -2.71. The molecular weight excluding hydrogens is 584 g/mol. The summed E-state index contributed by atoms with van der Waals surface area (Å²) in [4.78, 5) is 63.6. The zero-order valence-electron chi connectivity index (χ0n) is 27.8. The monoisotopic (exact) mass is 632 g/mol. The molecule has 2 saturated carbocycles. The van der Waals surface area contributed by atoms with Gasteiger partial charge < -0.3 is 28.4 Å². The molecule has 1 spiro atoms. The van der Waals surface area contributed by atoms with Crippen molar-refractivity contribution in [2.75, 3.05) is 19.8 Å². The normalized spacial score (nSPS) is 35.3. The number of ether oxygens (including phenoxy) is 6. The molecule has 250 valence electrons. The van der Waals surface area contributed by atoms with Crippen LogP contribution in [0.4, 0.5) is 0 Å². The second kappa shape index (κ2) is 13.3. The van der Waals surface area contributed by atoms with Crippen LogP contribution in [0.15, 0.2) is 23.3 Å². The van der Waals surface area contributed by atoms with Crippen LogP contribution in [0.2, 0.25) is 0 Å². The summed E-state index contributed by atoms with van der Waals surface area (Å²) < 4.78 is 35.7. The average Bonchev–Trinajstić information content (AvgIpc) is 3.64. The van der Waals surface area contributed by atoms with Gasteiger partial charge in [0.05, 0.1) is 17.9 Å². The number of rotatable bonds is 11. The van der Waals surface area contributed by atoms with E-state index in [-0.39, 0.29) is 31.5 Å². The van der Waals surface area contributed by atoms with Gasteiger partial charge in [-0.05, 0) is 57.3 Å². The highest BCUT2D eigenvalue weighted by atomic mass is 16.6. The second-order valence-corrected chi connectivity index (χ2v) is 13.5. The molecule has 11 heteroatoms. The summed E-state index contributed by atoms with van der Waals surface area (Å²) in [6.45, 7) is 14.1. The van der Waals surface area contributed by atoms with Crippen molar-refractivity contribution >= 4 is 29.8 Å². The van der Waals surface area contributed by atoms with Crippen molar-refractivity contribution < 1.29 is 52.4 Å². The SMILES string of the molecule is C/C=C(\C)C(=O)O[C@@H]1CC[C@]2(CO2)[C@]2(COC(C)=O)[C@@H](OC(C)=O)C[C@@H](C)[C@](C)(C[C@@H](OC(=O)[C@@H](C)CC)C3=CC(=O)OC3)[C@@H]12. The minimum atomic E-state index is -1.08. The van der Waals surface area contributed by atoms with Crippen LogP contribution >= 0.6 is 0 Å². The van der Waals surface area contributed by atoms with E-state index in [1.54, 1.807) is 26.8 Å². The summed E-state index contributed by atoms with van der Waals surface area (Å²) in [6, 6.07) is 0. The minimum Gasteiger partial charge on any atom is -0.465 e. The van der Waals surface area contributed by atoms with Gasteiger partial charge >= 0.3 is 29.8 Å². The number of hydrogen-bond acceptors (Lipinski definition) is 11. The maximum absolute atomic E-state index is 13.3. The largest absolute Gasteiger partial charge is 0.465 e. The number of fused-ring (bicyclic) bond motifs is 2. The van der Waals surface area contributed by atoms with Crippen LogP contribution in [0.5, 0.6) is 0 Å². The first-order valence-electron chi connectivity index (χ1n) is 16.0. The van der Waals surface area contributed by atoms with E-state index < -0.39 is 70.5 Å². The molecule has 0 amide bonds. The molecule has 4 aliphatic rings. The molecule has 4 rings (SSSR count). The number of carbonyl (C=O) groups excluding carboxylic acids is 5. The van der Waals surface area contributed by atoms with E-state index in [1.807, 2.05) is 13.8 Å². The molecule has 45 heavy (non-hydrogen) atoms. The Balaban J connectivity index is 1.90. The lowest BCUT2D eigenvalue weighted by molar-refractivity contribution is -0.258. The smallest absolute Gasteiger partial charge is 0.333 e. The molecule has 9 atom stereocenters. The van der Waals surface area contributed by atoms with E-state index in [1.165, 1.54) is 19.9 Å². The van der Waals surface area contributed by atoms with Crippen LogP contribution in [-0.4, -0.2) is 73.6 Å². The molecule has 0 aromatic carbocycles. The third-order valence-electron chi connectivity index (χ3n) is 10.9. The highest BCUT2D eigenvalue weighted by molar-refractivity contribution is 5.88. The van der Waals surface area contributed by atoms with Crippen molar-refractivity contribution in [1.29, 1.82) is 0 Å². The van der Waals surface area contributed by atoms with Gasteiger partial charge in [-0.25, -0.2) is 9.59 Å². The molecule has 0 unspecified atom stereocenters. The van der Waals surface area contributed by atoms with E-state index in [2.05, 4.69) is 6.92 Å². The lowest BCUT2D eigenvalue weighted by Gasteiger charge is -2.64. The molecule has 2 aliphatic heterocycles. The number of epoxide rings is 1. The van der Waals surface area contributed by atoms with Crippen LogP contribution < -0.4 is 0 Å². The minimum absolute atomic E-state index is 0.00692. The zero-order chi connectivity index (χ0) is 33.3. The van der Waals surface area contributed by atoms with Crippen molar-refractivity contribution in [3.63, 3.8) is 0 Å². The Morgan fingerprint density at radius 3 is 2.36 bits per heavy atom. The number of allylic oxidation sites excluding steroid dienone is 1. The van der Waals surface area contributed by atoms with Gasteiger partial charge in [0.15, 0.2) is 0 Å². The van der Waals surface area contributed by atoms with Gasteiger partial charge in [-0.2, -0.15) is 0 Å². The Bertz CT molecular complexity index is 1260. The van der Waals surface area contributed by atoms with Crippen LogP contribution in [0, 0.1) is 28.6 Å². The van der Waals surface area contributed by atoms with Crippen molar-refractivity contribution in [2.45, 2.75) is 111 Å². The highest BCUT2D eigenvalue weighted by Crippen LogP contribution is 2.70. The van der Waals surface area contributed by atoms with Crippen LogP contribution in [-0.2, 0) is 52.4 Å². The van der Waals surface area contributed by atoms with Crippen LogP contribution in [0.3, 0.4) is 0 Å². The Morgan fingerprint density at radius 1 is 1.13 bits per heavy atom. The number of esters is 5. The summed E-state index contributed by atoms with van der Waals surface area (Å²) in [5.41, 5.74) is -1.65. The molecule has 0 radical (unpaired) electrons. The highest BCUT2D eigenvalue weighted by Gasteiger charge is 2.77. The summed E-state index contributed by atoms with van der Waals surface area (Å²) in [5.74, 6) is -3.46. The third-order valence-corrected chi connectivity index (χ3v) is 10.9. The molecule has 0 N–H and O–H groups in total. The van der Waals surface area contributed by atoms with Gasteiger partial charge in [-0.1, -0.05) is 33.8 Å². The van der Waals surface area contributed by atoms with E-state index in [4.69, 9.17) is 28.4 Å². The van der Waals surface area contributed by atoms with Crippen molar-refractivity contribution in [3.8, 4) is 0 Å². The lowest BCUT2D eigenvalue weighted by atomic mass is 9.42. The Morgan fingerprint density at radius 2 is 1.82 bits per heavy atom. The molecule has 2 aliphatic carbocycles. The first-order valence-corrected chi connectivity index (χ1v) is 16.0. The van der Waals surface area contributed by atoms with Crippen molar-refractivity contribution in [1.82, 2.24) is 0 Å². The van der Waals surface area contributed by atoms with E-state index in [0.717, 1.165) is 0 Å². The number of carbonyl (C=O) groups is 5. The molecule has 0 aromatic heterocycles. The van der Waals surface area contributed by atoms with Crippen LogP contribution in [0.1, 0.15) is 87.5 Å². The standard InChI is InChI=1S/C34H48O11/c1-9-19(3)30(38)44-25-11-12-33(17-42-33)34(18-41-22(6)35)27(43-23(7)36)13-21(5)32(8,29(25)34)15-26(24-14-28(37)40-16-24)45-31(39)20(4)10-2/h9,14,20-21,25-27,29H,10-13,15-18H2,1-8H3/b19-9+/t20-,21+,25+,26+,27-,29+,32-,33-,34+/m0/s1. The molecule has 11 nitrogen and oxygen atoms in total. The number of cyclic esters (lactones) is 1. The Labute approximate surface area is 265 Å². The van der Waals surface area contributed by atoms with Gasteiger partial charge in [0, 0.05) is 37.0 Å². The maximum Gasteiger partial charge on any atom is 0.333 e. The van der Waals surface area contributed by atoms with Crippen molar-refractivity contribution in [2.24, 2.45) is 28.6 Å². The Hall–Kier alpha value is -3.21. The second-order valence-electron chi connectivity index (χ2n) is 13.5. The first-order chi connectivity index (χ1) is 21.1. The first kappa shape index (κ1) is 34.7. The predicted molar refractivity (Wildman–Crippen MR) is 160 cm³/mol. The van der Waals surface area contributed by atoms with Gasteiger partial charge in [-0.3, -0.25) is 14.4 Å². The van der Waals surface area contributed by atoms with E-state index in [0.29, 0.717) is 43.4 Å². The summed E-state index contributed by atoms with van der Waals surface area (Å²) in [6.07, 6.45) is 3.04. The molecule has 1 saturated heterocycles. The fourth-order valence-corrected chi connectivity index (χ4v) is 7.84. The van der Waals surface area contributed by atoms with Gasteiger partial charge in [-0.15, -0.1) is 0 Å². The average molecular weight is 633 g/mol. The maximum atomic E-state index is 13.3. The third kappa shape index (κ3) is 6.55. The van der Waals surface area contributed by atoms with Gasteiger partial charge in [0.2, 0.25) is 0 Å². The van der Waals surface area contributed by atoms with E-state index in [9.17, 15) is 24.0 Å². The molecule has 0 bridgehead atoms. The molecule has 3 fully saturated rings. The van der Waals surface area contributed by atoms with Gasteiger partial charge in [0.1, 0.15) is 37.1 Å². The summed E-state index contributed by atoms with van der Waals surface area (Å²) in [5, 5.41) is 0. The fraction of sp³-hybridized carbons (Fsp3) is 0.735. The zero-order valence-corrected chi connectivity index (χ0v) is 27.8. The summed E-state index contributed by atoms with van der Waals surface area (Å²) >= 11 is 0.